The summed E-state index contributed by atoms with van der Waals surface area (Å²) in [6.45, 7) is 1.91. The monoisotopic (exact) mass is 425 g/mol. The second-order valence-electron chi connectivity index (χ2n) is 6.36. The highest BCUT2D eigenvalue weighted by atomic mass is 35.5. The van der Waals surface area contributed by atoms with Crippen molar-refractivity contribution >= 4 is 51.6 Å². The van der Waals surface area contributed by atoms with E-state index < -0.39 is 0 Å². The number of carbonyl (C=O) groups excluding carboxylic acids is 2. The molecule has 5 nitrogen and oxygen atoms in total. The molecule has 0 aliphatic rings. The molecule has 2 aromatic carbocycles. The fourth-order valence-electron chi connectivity index (χ4n) is 2.70. The molecule has 0 aliphatic heterocycles. The number of aromatic nitrogens is 1. The van der Waals surface area contributed by atoms with Crippen molar-refractivity contribution in [2.45, 2.75) is 13.5 Å². The number of thiazole rings is 1. The minimum Gasteiger partial charge on any atom is -0.338 e. The zero-order valence-electron chi connectivity index (χ0n) is 16.1. The average Bonchev–Trinajstić information content (AvgIpc) is 3.17. The van der Waals surface area contributed by atoms with Crippen LogP contribution in [0, 0.1) is 0 Å². The summed E-state index contributed by atoms with van der Waals surface area (Å²) in [7, 11) is 1.72. The maximum Gasteiger partial charge on any atom is 0.246 e. The van der Waals surface area contributed by atoms with Gasteiger partial charge < -0.3 is 4.90 Å². The van der Waals surface area contributed by atoms with Gasteiger partial charge in [-0.25, -0.2) is 4.98 Å². The molecule has 148 valence electrons. The largest absolute Gasteiger partial charge is 0.338 e. The van der Waals surface area contributed by atoms with Gasteiger partial charge in [-0.2, -0.15) is 0 Å². The van der Waals surface area contributed by atoms with E-state index in [9.17, 15) is 9.59 Å². The Morgan fingerprint density at radius 1 is 1.10 bits per heavy atom. The summed E-state index contributed by atoms with van der Waals surface area (Å²) in [6.07, 6.45) is 3.12. The van der Waals surface area contributed by atoms with Gasteiger partial charge in [-0.3, -0.25) is 14.5 Å². The molecule has 3 aromatic rings. The first-order chi connectivity index (χ1) is 14.0. The van der Waals surface area contributed by atoms with Crippen LogP contribution < -0.4 is 4.90 Å². The highest BCUT2D eigenvalue weighted by molar-refractivity contribution is 7.14. The zero-order chi connectivity index (χ0) is 20.8. The van der Waals surface area contributed by atoms with Crippen LogP contribution in [0.4, 0.5) is 10.8 Å². The number of hydrogen-bond acceptors (Lipinski definition) is 4. The molecule has 0 fully saturated rings. The lowest BCUT2D eigenvalue weighted by atomic mass is 10.2. The lowest BCUT2D eigenvalue weighted by Gasteiger charge is -2.17. The number of anilines is 2. The van der Waals surface area contributed by atoms with Crippen molar-refractivity contribution in [2.24, 2.45) is 0 Å². The van der Waals surface area contributed by atoms with Crippen LogP contribution in [-0.2, 0) is 16.1 Å². The number of likely N-dealkylation sites (N-methyl/N-ethyl adjacent to an activating group) is 1. The van der Waals surface area contributed by atoms with Crippen molar-refractivity contribution in [3.8, 4) is 0 Å². The summed E-state index contributed by atoms with van der Waals surface area (Å²) in [4.78, 5) is 32.1. The molecular formula is C22H20ClN3O2S. The minimum atomic E-state index is -0.161. The number of hydrogen-bond donors (Lipinski definition) is 0. The summed E-state index contributed by atoms with van der Waals surface area (Å²) in [6, 6.07) is 16.8. The Balaban J connectivity index is 1.70. The Kier molecular flexibility index (Phi) is 6.80. The van der Waals surface area contributed by atoms with Crippen molar-refractivity contribution in [3.05, 3.63) is 82.3 Å². The van der Waals surface area contributed by atoms with E-state index >= 15 is 0 Å². The molecule has 0 spiro atoms. The van der Waals surface area contributed by atoms with Crippen LogP contribution in [-0.4, -0.2) is 28.7 Å². The van der Waals surface area contributed by atoms with Crippen molar-refractivity contribution in [1.29, 1.82) is 0 Å². The summed E-state index contributed by atoms with van der Waals surface area (Å²) >= 11 is 7.50. The topological polar surface area (TPSA) is 53.5 Å². The second-order valence-corrected chi connectivity index (χ2v) is 7.61. The van der Waals surface area contributed by atoms with Gasteiger partial charge in [0.05, 0.1) is 11.4 Å². The Labute approximate surface area is 178 Å². The first kappa shape index (κ1) is 20.8. The van der Waals surface area contributed by atoms with E-state index in [2.05, 4.69) is 4.98 Å². The fraction of sp³-hybridized carbons (Fsp3) is 0.136. The third-order valence-electron chi connectivity index (χ3n) is 4.17. The molecule has 0 aliphatic carbocycles. The van der Waals surface area contributed by atoms with Crippen LogP contribution in [0.25, 0.3) is 6.08 Å². The summed E-state index contributed by atoms with van der Waals surface area (Å²) in [5, 5.41) is 3.00. The molecule has 1 aromatic heterocycles. The molecule has 0 N–H and O–H groups in total. The van der Waals surface area contributed by atoms with E-state index in [4.69, 9.17) is 11.6 Å². The standard InChI is InChI=1S/C22H20ClN3O2S/c1-16(27)26(19-9-4-3-5-10-19)22-24-18(15-29-22)12-13-21(28)25(2)14-17-8-6-7-11-20(17)23/h3-13,15H,14H2,1-2H3/b13-12+. The van der Waals surface area contributed by atoms with Crippen LogP contribution >= 0.6 is 22.9 Å². The van der Waals surface area contributed by atoms with E-state index in [1.54, 1.807) is 29.0 Å². The van der Waals surface area contributed by atoms with Crippen LogP contribution in [0.5, 0.6) is 0 Å². The quantitative estimate of drug-likeness (QED) is 0.513. The predicted molar refractivity (Wildman–Crippen MR) is 118 cm³/mol. The molecule has 29 heavy (non-hydrogen) atoms. The Bertz CT molecular complexity index is 1030. The summed E-state index contributed by atoms with van der Waals surface area (Å²) in [5.41, 5.74) is 2.25. The molecule has 0 unspecified atom stereocenters. The Morgan fingerprint density at radius 2 is 1.79 bits per heavy atom. The lowest BCUT2D eigenvalue weighted by molar-refractivity contribution is -0.125. The van der Waals surface area contributed by atoms with E-state index in [1.807, 2.05) is 53.9 Å². The second kappa shape index (κ2) is 9.49. The number of carbonyl (C=O) groups is 2. The smallest absolute Gasteiger partial charge is 0.246 e. The number of benzene rings is 2. The molecule has 0 atom stereocenters. The molecule has 0 saturated heterocycles. The molecule has 7 heteroatoms. The first-order valence-corrected chi connectivity index (χ1v) is 10.2. The van der Waals surface area contributed by atoms with Crippen LogP contribution in [0.1, 0.15) is 18.2 Å². The number of halogens is 1. The maximum atomic E-state index is 12.4. The van der Waals surface area contributed by atoms with Crippen LogP contribution in [0.2, 0.25) is 5.02 Å². The molecule has 0 bridgehead atoms. The molecule has 1 heterocycles. The summed E-state index contributed by atoms with van der Waals surface area (Å²) in [5.74, 6) is -0.289. The first-order valence-electron chi connectivity index (χ1n) is 8.93. The molecule has 3 rings (SSSR count). The molecule has 0 saturated carbocycles. The Morgan fingerprint density at radius 3 is 2.48 bits per heavy atom. The third kappa shape index (κ3) is 5.31. The molecular weight excluding hydrogens is 406 g/mol. The maximum absolute atomic E-state index is 12.4. The highest BCUT2D eigenvalue weighted by Gasteiger charge is 2.17. The van der Waals surface area contributed by atoms with Gasteiger partial charge in [0.1, 0.15) is 0 Å². The zero-order valence-corrected chi connectivity index (χ0v) is 17.7. The van der Waals surface area contributed by atoms with E-state index in [0.717, 1.165) is 11.3 Å². The Hall–Kier alpha value is -2.96. The van der Waals surface area contributed by atoms with Gasteiger partial charge in [0, 0.05) is 37.0 Å². The van der Waals surface area contributed by atoms with Crippen molar-refractivity contribution in [1.82, 2.24) is 9.88 Å². The van der Waals surface area contributed by atoms with Crippen molar-refractivity contribution in [2.75, 3.05) is 11.9 Å². The number of rotatable bonds is 6. The fourth-order valence-corrected chi connectivity index (χ4v) is 3.75. The number of nitrogens with zero attached hydrogens (tertiary/aromatic N) is 3. The van der Waals surface area contributed by atoms with E-state index in [1.165, 1.54) is 24.3 Å². The highest BCUT2D eigenvalue weighted by Crippen LogP contribution is 2.29. The van der Waals surface area contributed by atoms with Gasteiger partial charge in [0.15, 0.2) is 5.13 Å². The number of amides is 2. The number of para-hydroxylation sites is 1. The van der Waals surface area contributed by atoms with E-state index in [0.29, 0.717) is 22.4 Å². The summed E-state index contributed by atoms with van der Waals surface area (Å²) < 4.78 is 0. The van der Waals surface area contributed by atoms with Gasteiger partial charge in [-0.15, -0.1) is 11.3 Å². The molecule has 0 radical (unpaired) electrons. The SMILES string of the molecule is CC(=O)N(c1ccccc1)c1nc(/C=C/C(=O)N(C)Cc2ccccc2Cl)cs1. The lowest BCUT2D eigenvalue weighted by Crippen LogP contribution is -2.24. The average molecular weight is 426 g/mol. The van der Waals surface area contributed by atoms with Gasteiger partial charge in [0.2, 0.25) is 11.8 Å². The minimum absolute atomic E-state index is 0.128. The van der Waals surface area contributed by atoms with Crippen LogP contribution in [0.3, 0.4) is 0 Å². The normalized spacial score (nSPS) is 10.9. The van der Waals surface area contributed by atoms with E-state index in [-0.39, 0.29) is 11.8 Å². The molecule has 2 amide bonds. The van der Waals surface area contributed by atoms with Crippen LogP contribution in [0.15, 0.2) is 66.1 Å². The van der Waals surface area contributed by atoms with Gasteiger partial charge in [0.25, 0.3) is 0 Å². The predicted octanol–water partition coefficient (Wildman–Crippen LogP) is 5.15. The van der Waals surface area contributed by atoms with Gasteiger partial charge in [-0.05, 0) is 29.8 Å². The van der Waals surface area contributed by atoms with Gasteiger partial charge in [-0.1, -0.05) is 48.0 Å². The van der Waals surface area contributed by atoms with Gasteiger partial charge >= 0.3 is 0 Å². The van der Waals surface area contributed by atoms with Crippen molar-refractivity contribution < 1.29 is 9.59 Å². The third-order valence-corrected chi connectivity index (χ3v) is 5.38. The van der Waals surface area contributed by atoms with Crippen molar-refractivity contribution in [3.63, 3.8) is 0 Å².